The summed E-state index contributed by atoms with van der Waals surface area (Å²) in [6.07, 6.45) is 0.0620. The maximum absolute atomic E-state index is 13.5. The van der Waals surface area contributed by atoms with Crippen LogP contribution in [-0.4, -0.2) is 18.4 Å². The summed E-state index contributed by atoms with van der Waals surface area (Å²) in [5, 5.41) is 4.77. The van der Waals surface area contributed by atoms with Gasteiger partial charge >= 0.3 is 0 Å². The fourth-order valence-corrected chi connectivity index (χ4v) is 1.96. The van der Waals surface area contributed by atoms with Crippen molar-refractivity contribution in [2.45, 2.75) is 6.42 Å². The third-order valence-corrected chi connectivity index (χ3v) is 3.22. The van der Waals surface area contributed by atoms with Crippen LogP contribution in [-0.2, 0) is 9.59 Å². The van der Waals surface area contributed by atoms with Crippen molar-refractivity contribution in [3.8, 4) is 0 Å². The molecule has 1 aromatic rings. The minimum atomic E-state index is -0.742. The van der Waals surface area contributed by atoms with E-state index in [0.717, 1.165) is 12.1 Å². The molecule has 2 amide bonds. The topological polar surface area (TPSA) is 58.2 Å². The summed E-state index contributed by atoms with van der Waals surface area (Å²) in [4.78, 5) is 22.6. The Balaban J connectivity index is 2.12. The molecule has 0 spiro atoms. The summed E-state index contributed by atoms with van der Waals surface area (Å²) in [7, 11) is 0. The van der Waals surface area contributed by atoms with Crippen LogP contribution >= 0.6 is 15.9 Å². The van der Waals surface area contributed by atoms with E-state index in [1.165, 1.54) is 0 Å². The highest BCUT2D eigenvalue weighted by molar-refractivity contribution is 9.10. The number of anilines is 1. The van der Waals surface area contributed by atoms with E-state index in [0.29, 0.717) is 0 Å². The van der Waals surface area contributed by atoms with E-state index >= 15 is 0 Å². The monoisotopic (exact) mass is 318 g/mol. The van der Waals surface area contributed by atoms with Crippen LogP contribution in [0.3, 0.4) is 0 Å². The molecule has 1 atom stereocenters. The third kappa shape index (κ3) is 2.66. The number of carbonyl (C=O) groups excluding carboxylic acids is 2. The Morgan fingerprint density at radius 3 is 2.72 bits per heavy atom. The molecule has 1 saturated heterocycles. The van der Waals surface area contributed by atoms with Crippen LogP contribution in [0.25, 0.3) is 0 Å². The van der Waals surface area contributed by atoms with Gasteiger partial charge in [-0.25, -0.2) is 8.78 Å². The van der Waals surface area contributed by atoms with Gasteiger partial charge in [0.2, 0.25) is 11.8 Å². The lowest BCUT2D eigenvalue weighted by molar-refractivity contribution is -0.123. The number of halogens is 3. The molecule has 96 valence electrons. The van der Waals surface area contributed by atoms with Gasteiger partial charge in [0.1, 0.15) is 11.6 Å². The van der Waals surface area contributed by atoms with Crippen LogP contribution < -0.4 is 10.6 Å². The van der Waals surface area contributed by atoms with Crippen molar-refractivity contribution in [1.82, 2.24) is 5.32 Å². The molecule has 2 N–H and O–H groups in total. The minimum Gasteiger partial charge on any atom is -0.355 e. The standard InChI is InChI=1S/C11H9BrF2N2O2/c12-6-2-8(14)9(3-7(6)13)16-11(18)5-1-10(17)15-4-5/h2-3,5H,1,4H2,(H,15,17)(H,16,18). The first-order chi connectivity index (χ1) is 8.47. The number of rotatable bonds is 2. The molecule has 7 heteroatoms. The number of hydrogen-bond donors (Lipinski definition) is 2. The predicted molar refractivity (Wildman–Crippen MR) is 63.8 cm³/mol. The molecule has 1 heterocycles. The van der Waals surface area contributed by atoms with Crippen molar-refractivity contribution < 1.29 is 18.4 Å². The van der Waals surface area contributed by atoms with Crippen molar-refractivity contribution in [1.29, 1.82) is 0 Å². The number of carbonyl (C=O) groups is 2. The van der Waals surface area contributed by atoms with Gasteiger partial charge in [-0.05, 0) is 22.0 Å². The Labute approximate surface area is 110 Å². The average molecular weight is 319 g/mol. The van der Waals surface area contributed by atoms with E-state index in [1.54, 1.807) is 0 Å². The first kappa shape index (κ1) is 12.9. The molecule has 18 heavy (non-hydrogen) atoms. The second-order valence-electron chi connectivity index (χ2n) is 3.94. The maximum atomic E-state index is 13.5. The van der Waals surface area contributed by atoms with Gasteiger partial charge in [-0.3, -0.25) is 9.59 Å². The minimum absolute atomic E-state index is 0.0179. The molecular weight excluding hydrogens is 310 g/mol. The van der Waals surface area contributed by atoms with Crippen LogP contribution in [0, 0.1) is 17.6 Å². The van der Waals surface area contributed by atoms with Crippen molar-refractivity contribution in [3.63, 3.8) is 0 Å². The highest BCUT2D eigenvalue weighted by Gasteiger charge is 2.28. The van der Waals surface area contributed by atoms with E-state index in [-0.39, 0.29) is 29.0 Å². The first-order valence-corrected chi connectivity index (χ1v) is 5.99. The lowest BCUT2D eigenvalue weighted by atomic mass is 10.1. The van der Waals surface area contributed by atoms with E-state index in [4.69, 9.17) is 0 Å². The molecule has 4 nitrogen and oxygen atoms in total. The SMILES string of the molecule is O=C1CC(C(=O)Nc2cc(F)c(Br)cc2F)CN1. The summed E-state index contributed by atoms with van der Waals surface area (Å²) in [6.45, 7) is 0.214. The fraction of sp³-hybridized carbons (Fsp3) is 0.273. The Kier molecular flexibility index (Phi) is 3.60. The largest absolute Gasteiger partial charge is 0.355 e. The molecule has 1 aromatic carbocycles. The molecule has 0 aliphatic carbocycles. The molecule has 1 unspecified atom stereocenters. The lowest BCUT2D eigenvalue weighted by Gasteiger charge is -2.10. The van der Waals surface area contributed by atoms with Crippen molar-refractivity contribution in [3.05, 3.63) is 28.2 Å². The Hall–Kier alpha value is -1.50. The van der Waals surface area contributed by atoms with Crippen LogP contribution in [0.4, 0.5) is 14.5 Å². The number of benzene rings is 1. The normalized spacial score (nSPS) is 18.6. The molecule has 1 aliphatic rings. The van der Waals surface area contributed by atoms with Crippen LogP contribution in [0.1, 0.15) is 6.42 Å². The smallest absolute Gasteiger partial charge is 0.229 e. The molecule has 0 bridgehead atoms. The third-order valence-electron chi connectivity index (χ3n) is 2.62. The first-order valence-electron chi connectivity index (χ1n) is 5.19. The molecule has 1 aliphatic heterocycles. The van der Waals surface area contributed by atoms with Gasteiger partial charge in [0.25, 0.3) is 0 Å². The zero-order valence-electron chi connectivity index (χ0n) is 9.10. The van der Waals surface area contributed by atoms with Crippen molar-refractivity contribution in [2.75, 3.05) is 11.9 Å². The summed E-state index contributed by atoms with van der Waals surface area (Å²) in [6, 6.07) is 1.82. The lowest BCUT2D eigenvalue weighted by Crippen LogP contribution is -2.25. The zero-order chi connectivity index (χ0) is 13.3. The van der Waals surface area contributed by atoms with Gasteiger partial charge in [0.15, 0.2) is 0 Å². The highest BCUT2D eigenvalue weighted by Crippen LogP contribution is 2.24. The van der Waals surface area contributed by atoms with Crippen LogP contribution in [0.15, 0.2) is 16.6 Å². The van der Waals surface area contributed by atoms with Gasteiger partial charge in [0, 0.05) is 19.0 Å². The number of nitrogens with one attached hydrogen (secondary N) is 2. The molecule has 1 fully saturated rings. The molecule has 0 saturated carbocycles. The van der Waals surface area contributed by atoms with Gasteiger partial charge in [0.05, 0.1) is 16.1 Å². The predicted octanol–water partition coefficient (Wildman–Crippen LogP) is 1.80. The summed E-state index contributed by atoms with van der Waals surface area (Å²) in [5.41, 5.74) is -0.236. The molecule has 0 radical (unpaired) electrons. The van der Waals surface area contributed by atoms with Crippen molar-refractivity contribution in [2.24, 2.45) is 5.92 Å². The van der Waals surface area contributed by atoms with E-state index in [9.17, 15) is 18.4 Å². The summed E-state index contributed by atoms with van der Waals surface area (Å²) >= 11 is 2.84. The van der Waals surface area contributed by atoms with E-state index in [2.05, 4.69) is 26.6 Å². The zero-order valence-corrected chi connectivity index (χ0v) is 10.7. The summed E-state index contributed by atoms with van der Waals surface area (Å²) < 4.78 is 26.7. The molecule has 2 rings (SSSR count). The average Bonchev–Trinajstić information content (AvgIpc) is 2.73. The molecule has 0 aromatic heterocycles. The van der Waals surface area contributed by atoms with E-state index < -0.39 is 23.5 Å². The Morgan fingerprint density at radius 2 is 2.11 bits per heavy atom. The second-order valence-corrected chi connectivity index (χ2v) is 4.79. The highest BCUT2D eigenvalue weighted by atomic mass is 79.9. The second kappa shape index (κ2) is 5.01. The maximum Gasteiger partial charge on any atom is 0.229 e. The number of hydrogen-bond acceptors (Lipinski definition) is 2. The van der Waals surface area contributed by atoms with Gasteiger partial charge in [-0.1, -0.05) is 0 Å². The van der Waals surface area contributed by atoms with Crippen LogP contribution in [0.5, 0.6) is 0 Å². The van der Waals surface area contributed by atoms with Crippen molar-refractivity contribution >= 4 is 33.4 Å². The van der Waals surface area contributed by atoms with E-state index in [1.807, 2.05) is 0 Å². The van der Waals surface area contributed by atoms with Gasteiger partial charge in [-0.2, -0.15) is 0 Å². The molecular formula is C11H9BrF2N2O2. The summed E-state index contributed by atoms with van der Waals surface area (Å²) in [5.74, 6) is -2.70. The Bertz CT molecular complexity index is 522. The van der Waals surface area contributed by atoms with Gasteiger partial charge in [-0.15, -0.1) is 0 Å². The van der Waals surface area contributed by atoms with Gasteiger partial charge < -0.3 is 10.6 Å². The Morgan fingerprint density at radius 1 is 1.39 bits per heavy atom. The quantitative estimate of drug-likeness (QED) is 0.817. The fourth-order valence-electron chi connectivity index (χ4n) is 1.64. The number of amides is 2. The van der Waals surface area contributed by atoms with Crippen LogP contribution in [0.2, 0.25) is 0 Å².